The number of Topliss-reactive ketones (excluding diaryl/α,β-unsaturated/α-hetero) is 1. The summed E-state index contributed by atoms with van der Waals surface area (Å²) in [6.07, 6.45) is 3.71. The van der Waals surface area contributed by atoms with Crippen molar-refractivity contribution in [3.63, 3.8) is 0 Å². The lowest BCUT2D eigenvalue weighted by Crippen LogP contribution is -2.19. The van der Waals surface area contributed by atoms with Crippen molar-refractivity contribution in [2.75, 3.05) is 0 Å². The summed E-state index contributed by atoms with van der Waals surface area (Å²) in [6, 6.07) is 0. The molecule has 0 aliphatic heterocycles. The Bertz CT molecular complexity index is 360. The molecule has 1 aromatic heterocycles. The first-order chi connectivity index (χ1) is 7.16. The number of ketones is 1. The molecule has 82 valence electrons. The second kappa shape index (κ2) is 4.08. The van der Waals surface area contributed by atoms with E-state index in [1.54, 1.807) is 7.05 Å². The van der Waals surface area contributed by atoms with Crippen LogP contribution in [0.25, 0.3) is 0 Å². The van der Waals surface area contributed by atoms with Gasteiger partial charge in [-0.15, -0.1) is 10.2 Å². The van der Waals surface area contributed by atoms with Crippen LogP contribution in [0.2, 0.25) is 0 Å². The van der Waals surface area contributed by atoms with Gasteiger partial charge >= 0.3 is 0 Å². The summed E-state index contributed by atoms with van der Waals surface area (Å²) in [5.74, 6) is 1.55. The standard InChI is InChI=1S/C10H16N4O/c1-7-4-3-5-8(7)9(15)6-10-11-13-14(2)12-10/h7-8H,3-6H2,1-2H3. The molecule has 2 unspecified atom stereocenters. The fourth-order valence-corrected chi connectivity index (χ4v) is 2.30. The van der Waals surface area contributed by atoms with E-state index in [1.165, 1.54) is 17.6 Å². The van der Waals surface area contributed by atoms with Gasteiger partial charge in [-0.1, -0.05) is 13.3 Å². The summed E-state index contributed by atoms with van der Waals surface area (Å²) >= 11 is 0. The van der Waals surface area contributed by atoms with Crippen LogP contribution in [-0.4, -0.2) is 26.0 Å². The minimum absolute atomic E-state index is 0.216. The van der Waals surface area contributed by atoms with Gasteiger partial charge < -0.3 is 0 Å². The van der Waals surface area contributed by atoms with E-state index in [4.69, 9.17) is 0 Å². The molecule has 1 aliphatic carbocycles. The summed E-state index contributed by atoms with van der Waals surface area (Å²) in [4.78, 5) is 13.3. The predicted octanol–water partition coefficient (Wildman–Crippen LogP) is 0.758. The van der Waals surface area contributed by atoms with Gasteiger partial charge in [-0.2, -0.15) is 4.80 Å². The van der Waals surface area contributed by atoms with Crippen LogP contribution in [-0.2, 0) is 18.3 Å². The third-order valence-electron chi connectivity index (χ3n) is 3.16. The van der Waals surface area contributed by atoms with Crippen LogP contribution in [0.15, 0.2) is 0 Å². The van der Waals surface area contributed by atoms with Crippen molar-refractivity contribution in [2.24, 2.45) is 18.9 Å². The molecule has 1 aliphatic rings. The zero-order valence-corrected chi connectivity index (χ0v) is 9.18. The van der Waals surface area contributed by atoms with Gasteiger partial charge in [0.25, 0.3) is 0 Å². The molecule has 5 nitrogen and oxygen atoms in total. The minimum atomic E-state index is 0.216. The molecule has 1 fully saturated rings. The van der Waals surface area contributed by atoms with E-state index in [0.29, 0.717) is 18.2 Å². The Balaban J connectivity index is 1.97. The normalized spacial score (nSPS) is 25.7. The van der Waals surface area contributed by atoms with Crippen LogP contribution in [0.1, 0.15) is 32.0 Å². The Labute approximate surface area is 88.9 Å². The fourth-order valence-electron chi connectivity index (χ4n) is 2.30. The molecule has 0 spiro atoms. The van der Waals surface area contributed by atoms with Crippen LogP contribution in [0, 0.1) is 11.8 Å². The highest BCUT2D eigenvalue weighted by Gasteiger charge is 2.29. The molecule has 0 amide bonds. The molecule has 5 heteroatoms. The van der Waals surface area contributed by atoms with E-state index in [1.807, 2.05) is 0 Å². The molecule has 1 aromatic rings. The van der Waals surface area contributed by atoms with Gasteiger partial charge in [0.2, 0.25) is 0 Å². The first kappa shape index (κ1) is 10.3. The summed E-state index contributed by atoms with van der Waals surface area (Å²) in [7, 11) is 1.71. The van der Waals surface area contributed by atoms with Gasteiger partial charge in [-0.25, -0.2) is 0 Å². The molecule has 0 N–H and O–H groups in total. The van der Waals surface area contributed by atoms with E-state index in [-0.39, 0.29) is 11.7 Å². The summed E-state index contributed by atoms with van der Waals surface area (Å²) < 4.78 is 0. The number of carbonyl (C=O) groups excluding carboxylic acids is 1. The zero-order valence-electron chi connectivity index (χ0n) is 9.18. The van der Waals surface area contributed by atoms with Crippen molar-refractivity contribution in [3.8, 4) is 0 Å². The quantitative estimate of drug-likeness (QED) is 0.735. The summed E-state index contributed by atoms with van der Waals surface area (Å²) in [5.41, 5.74) is 0. The Hall–Kier alpha value is -1.26. The molecular formula is C10H16N4O. The average Bonchev–Trinajstić information content (AvgIpc) is 2.75. The number of aromatic nitrogens is 4. The molecule has 0 aromatic carbocycles. The average molecular weight is 208 g/mol. The predicted molar refractivity (Wildman–Crippen MR) is 54.0 cm³/mol. The van der Waals surface area contributed by atoms with Gasteiger partial charge in [0.05, 0.1) is 13.5 Å². The second-order valence-corrected chi connectivity index (χ2v) is 4.35. The SMILES string of the molecule is CC1CCCC1C(=O)Cc1nnn(C)n1. The topological polar surface area (TPSA) is 60.7 Å². The third-order valence-corrected chi connectivity index (χ3v) is 3.16. The van der Waals surface area contributed by atoms with Crippen LogP contribution in [0.3, 0.4) is 0 Å². The lowest BCUT2D eigenvalue weighted by Gasteiger charge is -2.11. The Morgan fingerprint density at radius 2 is 2.33 bits per heavy atom. The smallest absolute Gasteiger partial charge is 0.182 e. The van der Waals surface area contributed by atoms with Gasteiger partial charge in [0.15, 0.2) is 5.82 Å². The Kier molecular flexibility index (Phi) is 2.79. The van der Waals surface area contributed by atoms with Crippen LogP contribution in [0.4, 0.5) is 0 Å². The summed E-state index contributed by atoms with van der Waals surface area (Å²) in [6.45, 7) is 2.15. The first-order valence-electron chi connectivity index (χ1n) is 5.42. The van der Waals surface area contributed by atoms with Crippen molar-refractivity contribution in [1.82, 2.24) is 20.2 Å². The zero-order chi connectivity index (χ0) is 10.8. The van der Waals surface area contributed by atoms with Crippen LogP contribution in [0.5, 0.6) is 0 Å². The molecule has 0 bridgehead atoms. The maximum absolute atomic E-state index is 11.9. The van der Waals surface area contributed by atoms with E-state index in [9.17, 15) is 4.79 Å². The first-order valence-corrected chi connectivity index (χ1v) is 5.42. The highest BCUT2D eigenvalue weighted by molar-refractivity contribution is 5.83. The van der Waals surface area contributed by atoms with E-state index < -0.39 is 0 Å². The molecule has 0 saturated heterocycles. The van der Waals surface area contributed by atoms with Crippen molar-refractivity contribution in [1.29, 1.82) is 0 Å². The van der Waals surface area contributed by atoms with Gasteiger partial charge in [-0.3, -0.25) is 4.79 Å². The van der Waals surface area contributed by atoms with E-state index in [2.05, 4.69) is 22.3 Å². The van der Waals surface area contributed by atoms with Crippen molar-refractivity contribution >= 4 is 5.78 Å². The van der Waals surface area contributed by atoms with Crippen molar-refractivity contribution in [3.05, 3.63) is 5.82 Å². The summed E-state index contributed by atoms with van der Waals surface area (Å²) in [5, 5.41) is 11.6. The number of nitrogens with zero attached hydrogens (tertiary/aromatic N) is 4. The van der Waals surface area contributed by atoms with Crippen molar-refractivity contribution in [2.45, 2.75) is 32.6 Å². The molecule has 2 rings (SSSR count). The minimum Gasteiger partial charge on any atom is -0.299 e. The molecule has 0 radical (unpaired) electrons. The Morgan fingerprint density at radius 1 is 1.53 bits per heavy atom. The number of carbonyl (C=O) groups is 1. The number of tetrazole rings is 1. The van der Waals surface area contributed by atoms with E-state index in [0.717, 1.165) is 6.42 Å². The molecule has 2 atom stereocenters. The van der Waals surface area contributed by atoms with E-state index >= 15 is 0 Å². The second-order valence-electron chi connectivity index (χ2n) is 4.35. The molecule has 15 heavy (non-hydrogen) atoms. The molecule has 1 saturated carbocycles. The number of aryl methyl sites for hydroxylation is 1. The van der Waals surface area contributed by atoms with Gasteiger partial charge in [0.1, 0.15) is 5.78 Å². The van der Waals surface area contributed by atoms with Gasteiger partial charge in [0, 0.05) is 5.92 Å². The lowest BCUT2D eigenvalue weighted by atomic mass is 9.92. The highest BCUT2D eigenvalue weighted by Crippen LogP contribution is 2.32. The highest BCUT2D eigenvalue weighted by atomic mass is 16.1. The Morgan fingerprint density at radius 3 is 2.87 bits per heavy atom. The van der Waals surface area contributed by atoms with Crippen LogP contribution >= 0.6 is 0 Å². The monoisotopic (exact) mass is 208 g/mol. The number of hydrogen-bond donors (Lipinski definition) is 0. The van der Waals surface area contributed by atoms with Crippen molar-refractivity contribution < 1.29 is 4.79 Å². The molecule has 1 heterocycles. The maximum atomic E-state index is 11.9. The lowest BCUT2D eigenvalue weighted by molar-refractivity contribution is -0.123. The maximum Gasteiger partial charge on any atom is 0.182 e. The third kappa shape index (κ3) is 2.22. The number of hydrogen-bond acceptors (Lipinski definition) is 4. The van der Waals surface area contributed by atoms with Crippen LogP contribution < -0.4 is 0 Å². The fraction of sp³-hybridized carbons (Fsp3) is 0.800. The van der Waals surface area contributed by atoms with Gasteiger partial charge in [-0.05, 0) is 24.0 Å². The largest absolute Gasteiger partial charge is 0.299 e. The number of rotatable bonds is 3. The molecular weight excluding hydrogens is 192 g/mol.